The van der Waals surface area contributed by atoms with Gasteiger partial charge in [0.25, 0.3) is 0 Å². The van der Waals surface area contributed by atoms with Crippen molar-refractivity contribution in [3.63, 3.8) is 0 Å². The summed E-state index contributed by atoms with van der Waals surface area (Å²) in [5, 5.41) is 4.32. The Hall–Kier alpha value is -3.10. The number of nitrogens with zero attached hydrogens (tertiary/aromatic N) is 6. The van der Waals surface area contributed by atoms with Crippen molar-refractivity contribution in [3.8, 4) is 10.7 Å². The number of likely N-dealkylation sites (N-methyl/N-ethyl adjacent to an activating group) is 1. The lowest BCUT2D eigenvalue weighted by atomic mass is 10.1. The first-order chi connectivity index (χ1) is 16.0. The molecule has 6 rings (SSSR count). The van der Waals surface area contributed by atoms with Crippen molar-refractivity contribution in [2.45, 2.75) is 26.3 Å². The van der Waals surface area contributed by atoms with E-state index in [1.165, 1.54) is 18.5 Å². The molecule has 0 aromatic carbocycles. The minimum absolute atomic E-state index is 0.647. The fraction of sp³-hybridized carbons (Fsp3) is 0.360. The van der Waals surface area contributed by atoms with Crippen molar-refractivity contribution < 1.29 is 0 Å². The largest absolute Gasteiger partial charge is 0.354 e. The Labute approximate surface area is 197 Å². The normalized spacial score (nSPS) is 20.5. The third-order valence-electron chi connectivity index (χ3n) is 6.94. The predicted molar refractivity (Wildman–Crippen MR) is 134 cm³/mol. The van der Waals surface area contributed by atoms with Gasteiger partial charge in [0.2, 0.25) is 0 Å². The lowest BCUT2D eigenvalue weighted by molar-refractivity contribution is 0.310. The minimum Gasteiger partial charge on any atom is -0.354 e. The molecule has 0 saturated carbocycles. The highest BCUT2D eigenvalue weighted by Gasteiger charge is 2.40. The third kappa shape index (κ3) is 3.73. The Morgan fingerprint density at radius 2 is 1.94 bits per heavy atom. The first-order valence-corrected chi connectivity index (χ1v) is 12.3. The van der Waals surface area contributed by atoms with Crippen LogP contribution in [-0.2, 0) is 0 Å². The highest BCUT2D eigenvalue weighted by molar-refractivity contribution is 7.21. The van der Waals surface area contributed by atoms with Gasteiger partial charge >= 0.3 is 0 Å². The molecule has 168 valence electrons. The summed E-state index contributed by atoms with van der Waals surface area (Å²) in [5.74, 6) is 3.38. The van der Waals surface area contributed by atoms with Gasteiger partial charge in [-0.25, -0.2) is 15.0 Å². The van der Waals surface area contributed by atoms with Gasteiger partial charge in [-0.1, -0.05) is 12.1 Å². The highest BCUT2D eigenvalue weighted by Crippen LogP contribution is 2.35. The maximum atomic E-state index is 4.97. The molecule has 2 saturated heterocycles. The molecule has 33 heavy (non-hydrogen) atoms. The molecule has 2 atom stereocenters. The fourth-order valence-corrected chi connectivity index (χ4v) is 6.08. The van der Waals surface area contributed by atoms with Gasteiger partial charge in [0, 0.05) is 37.6 Å². The van der Waals surface area contributed by atoms with Gasteiger partial charge in [0.15, 0.2) is 0 Å². The molecule has 4 aromatic rings. The Morgan fingerprint density at radius 1 is 1.03 bits per heavy atom. The topological polar surface area (TPSA) is 70.1 Å². The number of aryl methyl sites for hydroxylation is 2. The predicted octanol–water partition coefficient (Wildman–Crippen LogP) is 4.65. The summed E-state index contributed by atoms with van der Waals surface area (Å²) in [6.07, 6.45) is 4.97. The zero-order chi connectivity index (χ0) is 22.5. The molecule has 0 radical (unpaired) electrons. The molecule has 0 bridgehead atoms. The standard InChI is InChI=1S/C25H27N7S/c1-15-5-4-9-26-23(15)25-28-18-11-22(27-12-20(18)33-25)29-21-7-6-16(2)24(30-21)32-13-17-8-10-31(3)19(17)14-32/h4-7,9,11-12,17,19H,8,10,13-14H2,1-3H3,(H,27,29,30)/t17-,19+/m0/s1. The number of aromatic nitrogens is 4. The van der Waals surface area contributed by atoms with Crippen molar-refractivity contribution in [1.82, 2.24) is 24.8 Å². The van der Waals surface area contributed by atoms with Gasteiger partial charge in [-0.2, -0.15) is 0 Å². The molecule has 0 aliphatic carbocycles. The first-order valence-electron chi connectivity index (χ1n) is 11.4. The monoisotopic (exact) mass is 457 g/mol. The van der Waals surface area contributed by atoms with E-state index in [2.05, 4.69) is 58.1 Å². The van der Waals surface area contributed by atoms with Crippen LogP contribution in [0.4, 0.5) is 17.5 Å². The summed E-state index contributed by atoms with van der Waals surface area (Å²) in [6.45, 7) is 7.56. The molecule has 0 unspecified atom stereocenters. The van der Waals surface area contributed by atoms with Crippen LogP contribution in [0.25, 0.3) is 20.9 Å². The molecule has 7 nitrogen and oxygen atoms in total. The third-order valence-corrected chi connectivity index (χ3v) is 7.95. The van der Waals surface area contributed by atoms with Crippen LogP contribution in [0.15, 0.2) is 42.7 Å². The Morgan fingerprint density at radius 3 is 2.79 bits per heavy atom. The number of nitrogens with one attached hydrogen (secondary N) is 1. The summed E-state index contributed by atoms with van der Waals surface area (Å²) in [7, 11) is 2.24. The lowest BCUT2D eigenvalue weighted by Crippen LogP contribution is -2.32. The van der Waals surface area contributed by atoms with Crippen LogP contribution in [0.3, 0.4) is 0 Å². The highest BCUT2D eigenvalue weighted by atomic mass is 32.1. The number of thiazole rings is 1. The SMILES string of the molecule is Cc1cccnc1-c1nc2cc(Nc3ccc(C)c(N4C[C@@H]5CCN(C)[C@@H]5C4)n3)ncc2s1. The molecule has 4 aromatic heterocycles. The molecule has 2 fully saturated rings. The van der Waals surface area contributed by atoms with Crippen molar-refractivity contribution >= 4 is 39.0 Å². The molecule has 2 aliphatic rings. The van der Waals surface area contributed by atoms with Crippen LogP contribution in [0.5, 0.6) is 0 Å². The number of likely N-dealkylation sites (tertiary alicyclic amines) is 1. The second-order valence-electron chi connectivity index (χ2n) is 9.19. The average Bonchev–Trinajstić information content (AvgIpc) is 3.51. The number of hydrogen-bond donors (Lipinski definition) is 1. The van der Waals surface area contributed by atoms with Crippen LogP contribution in [-0.4, -0.2) is 57.6 Å². The van der Waals surface area contributed by atoms with Crippen LogP contribution >= 0.6 is 11.3 Å². The van der Waals surface area contributed by atoms with Gasteiger partial charge in [0.1, 0.15) is 28.2 Å². The lowest BCUT2D eigenvalue weighted by Gasteiger charge is -2.23. The first kappa shape index (κ1) is 20.5. The van der Waals surface area contributed by atoms with Gasteiger partial charge in [-0.15, -0.1) is 11.3 Å². The molecular weight excluding hydrogens is 430 g/mol. The summed E-state index contributed by atoms with van der Waals surface area (Å²) < 4.78 is 1.05. The Bertz CT molecular complexity index is 1330. The van der Waals surface area contributed by atoms with Crippen molar-refractivity contribution in [1.29, 1.82) is 0 Å². The average molecular weight is 458 g/mol. The Balaban J connectivity index is 1.25. The zero-order valence-electron chi connectivity index (χ0n) is 19.1. The molecule has 0 spiro atoms. The van der Waals surface area contributed by atoms with Gasteiger partial charge in [0.05, 0.1) is 10.2 Å². The molecule has 8 heteroatoms. The van der Waals surface area contributed by atoms with E-state index >= 15 is 0 Å². The summed E-state index contributed by atoms with van der Waals surface area (Å²) in [6, 6.07) is 10.8. The second-order valence-corrected chi connectivity index (χ2v) is 10.2. The van der Waals surface area contributed by atoms with Crippen LogP contribution < -0.4 is 10.2 Å². The van der Waals surface area contributed by atoms with E-state index in [-0.39, 0.29) is 0 Å². The molecule has 6 heterocycles. The maximum absolute atomic E-state index is 4.97. The zero-order valence-corrected chi connectivity index (χ0v) is 19.9. The summed E-state index contributed by atoms with van der Waals surface area (Å²) in [4.78, 5) is 23.9. The van der Waals surface area contributed by atoms with Crippen molar-refractivity contribution in [3.05, 3.63) is 53.9 Å². The number of pyridine rings is 3. The van der Waals surface area contributed by atoms with E-state index in [9.17, 15) is 0 Å². The van der Waals surface area contributed by atoms with E-state index in [1.807, 2.05) is 30.6 Å². The van der Waals surface area contributed by atoms with E-state index in [1.54, 1.807) is 11.3 Å². The van der Waals surface area contributed by atoms with Crippen LogP contribution in [0.2, 0.25) is 0 Å². The van der Waals surface area contributed by atoms with E-state index in [4.69, 9.17) is 9.97 Å². The quantitative estimate of drug-likeness (QED) is 0.478. The Kier molecular flexibility index (Phi) is 4.99. The minimum atomic E-state index is 0.647. The number of hydrogen-bond acceptors (Lipinski definition) is 8. The second kappa shape index (κ2) is 8.04. The van der Waals surface area contributed by atoms with E-state index < -0.39 is 0 Å². The van der Waals surface area contributed by atoms with Gasteiger partial charge in [-0.05, 0) is 63.0 Å². The number of anilines is 3. The van der Waals surface area contributed by atoms with Crippen LogP contribution in [0.1, 0.15) is 17.5 Å². The van der Waals surface area contributed by atoms with E-state index in [0.29, 0.717) is 6.04 Å². The molecule has 1 N–H and O–H groups in total. The van der Waals surface area contributed by atoms with Crippen molar-refractivity contribution in [2.75, 3.05) is 36.9 Å². The molecule has 2 aliphatic heterocycles. The summed E-state index contributed by atoms with van der Waals surface area (Å²) in [5.41, 5.74) is 4.18. The molecule has 0 amide bonds. The van der Waals surface area contributed by atoms with Crippen LogP contribution in [0, 0.1) is 19.8 Å². The van der Waals surface area contributed by atoms with Gasteiger partial charge < -0.3 is 15.1 Å². The maximum Gasteiger partial charge on any atom is 0.143 e. The van der Waals surface area contributed by atoms with Crippen molar-refractivity contribution in [2.24, 2.45) is 5.92 Å². The molecular formula is C25H27N7S. The smallest absolute Gasteiger partial charge is 0.143 e. The van der Waals surface area contributed by atoms with Gasteiger partial charge in [-0.3, -0.25) is 4.98 Å². The number of rotatable bonds is 4. The van der Waals surface area contributed by atoms with E-state index in [0.717, 1.165) is 62.9 Å². The fourth-order valence-electron chi connectivity index (χ4n) is 5.10. The summed E-state index contributed by atoms with van der Waals surface area (Å²) >= 11 is 1.62. The number of fused-ring (bicyclic) bond motifs is 2.